The third-order valence-corrected chi connectivity index (χ3v) is 3.94. The van der Waals surface area contributed by atoms with Crippen molar-refractivity contribution in [2.75, 3.05) is 6.61 Å². The fourth-order valence-corrected chi connectivity index (χ4v) is 2.91. The number of aliphatic hydroxyl groups excluding tert-OH is 1. The second-order valence-corrected chi connectivity index (χ2v) is 5.14. The highest BCUT2D eigenvalue weighted by atomic mass is 32.1. The standard InChI is InChI=1S/C11H14N2OS2/c14-4-3-10(11-2-1-5-16-11)12-6-9-7-15-8-13-9/h1-2,5,7-8,10,12,14H,3-4,6H2. The van der Waals surface area contributed by atoms with Crippen LogP contribution in [0.4, 0.5) is 0 Å². The Kier molecular flexibility index (Phi) is 4.47. The molecule has 1 unspecified atom stereocenters. The molecule has 2 aromatic rings. The minimum absolute atomic E-state index is 0.201. The Morgan fingerprint density at radius 2 is 2.44 bits per heavy atom. The molecule has 0 saturated heterocycles. The topological polar surface area (TPSA) is 45.1 Å². The molecule has 5 heteroatoms. The van der Waals surface area contributed by atoms with E-state index >= 15 is 0 Å². The Morgan fingerprint density at radius 3 is 3.06 bits per heavy atom. The lowest BCUT2D eigenvalue weighted by atomic mass is 10.2. The molecule has 2 N–H and O–H groups in total. The molecule has 2 rings (SSSR count). The normalized spacial score (nSPS) is 12.8. The average Bonchev–Trinajstić information content (AvgIpc) is 2.96. The van der Waals surface area contributed by atoms with Gasteiger partial charge in [-0.05, 0) is 17.9 Å². The van der Waals surface area contributed by atoms with Crippen molar-refractivity contribution < 1.29 is 5.11 Å². The number of aromatic nitrogens is 1. The fraction of sp³-hybridized carbons (Fsp3) is 0.364. The van der Waals surface area contributed by atoms with Gasteiger partial charge in [0.1, 0.15) is 0 Å². The summed E-state index contributed by atoms with van der Waals surface area (Å²) >= 11 is 3.32. The van der Waals surface area contributed by atoms with Crippen molar-refractivity contribution in [1.82, 2.24) is 10.3 Å². The highest BCUT2D eigenvalue weighted by Crippen LogP contribution is 2.22. The highest BCUT2D eigenvalue weighted by Gasteiger charge is 2.11. The summed E-state index contributed by atoms with van der Waals surface area (Å²) in [5.74, 6) is 0. The highest BCUT2D eigenvalue weighted by molar-refractivity contribution is 7.10. The summed E-state index contributed by atoms with van der Waals surface area (Å²) in [6.07, 6.45) is 0.741. The third-order valence-electron chi connectivity index (χ3n) is 2.32. The summed E-state index contributed by atoms with van der Waals surface area (Å²) in [7, 11) is 0. The monoisotopic (exact) mass is 254 g/mol. The Hall–Kier alpha value is -0.750. The first-order valence-electron chi connectivity index (χ1n) is 5.15. The van der Waals surface area contributed by atoms with Gasteiger partial charge in [0.05, 0.1) is 11.2 Å². The average molecular weight is 254 g/mol. The zero-order valence-corrected chi connectivity index (χ0v) is 10.4. The van der Waals surface area contributed by atoms with Gasteiger partial charge in [0.25, 0.3) is 0 Å². The van der Waals surface area contributed by atoms with E-state index in [4.69, 9.17) is 5.11 Å². The Labute approximate surface area is 103 Å². The number of aliphatic hydroxyl groups is 1. The summed E-state index contributed by atoms with van der Waals surface area (Å²) in [5, 5.41) is 16.6. The van der Waals surface area contributed by atoms with Crippen molar-refractivity contribution in [3.63, 3.8) is 0 Å². The maximum atomic E-state index is 9.04. The molecule has 3 nitrogen and oxygen atoms in total. The maximum Gasteiger partial charge on any atom is 0.0795 e. The number of thiazole rings is 1. The molecular formula is C11H14N2OS2. The molecule has 0 aliphatic carbocycles. The van der Waals surface area contributed by atoms with Crippen molar-refractivity contribution in [3.8, 4) is 0 Å². The molecule has 2 heterocycles. The maximum absolute atomic E-state index is 9.04. The third kappa shape index (κ3) is 3.12. The van der Waals surface area contributed by atoms with Gasteiger partial charge >= 0.3 is 0 Å². The van der Waals surface area contributed by atoms with Gasteiger partial charge in [0.2, 0.25) is 0 Å². The zero-order chi connectivity index (χ0) is 11.2. The van der Waals surface area contributed by atoms with Gasteiger partial charge in [0.15, 0.2) is 0 Å². The van der Waals surface area contributed by atoms with Crippen LogP contribution >= 0.6 is 22.7 Å². The van der Waals surface area contributed by atoms with Gasteiger partial charge in [-0.3, -0.25) is 0 Å². The van der Waals surface area contributed by atoms with Crippen LogP contribution in [0.1, 0.15) is 23.0 Å². The van der Waals surface area contributed by atoms with Crippen molar-refractivity contribution in [1.29, 1.82) is 0 Å². The van der Waals surface area contributed by atoms with Gasteiger partial charge in [-0.15, -0.1) is 22.7 Å². The first-order valence-corrected chi connectivity index (χ1v) is 6.97. The first kappa shape index (κ1) is 11.7. The predicted octanol–water partition coefficient (Wildman–Crippen LogP) is 2.42. The van der Waals surface area contributed by atoms with E-state index < -0.39 is 0 Å². The summed E-state index contributed by atoms with van der Waals surface area (Å²) in [4.78, 5) is 5.49. The van der Waals surface area contributed by atoms with E-state index in [1.807, 2.05) is 17.0 Å². The number of hydrogen-bond donors (Lipinski definition) is 2. The molecule has 1 atom stereocenters. The number of nitrogens with one attached hydrogen (secondary N) is 1. The van der Waals surface area contributed by atoms with Crippen LogP contribution in [0.3, 0.4) is 0 Å². The van der Waals surface area contributed by atoms with E-state index in [1.54, 1.807) is 22.7 Å². The molecule has 0 saturated carbocycles. The molecule has 2 aromatic heterocycles. The summed E-state index contributed by atoms with van der Waals surface area (Å²) in [6, 6.07) is 4.36. The molecule has 0 bridgehead atoms. The van der Waals surface area contributed by atoms with E-state index in [0.29, 0.717) is 0 Å². The number of hydrogen-bond acceptors (Lipinski definition) is 5. The van der Waals surface area contributed by atoms with Gasteiger partial charge in [0, 0.05) is 29.5 Å². The lowest BCUT2D eigenvalue weighted by Gasteiger charge is -2.15. The summed E-state index contributed by atoms with van der Waals surface area (Å²) in [5.41, 5.74) is 2.90. The van der Waals surface area contributed by atoms with E-state index in [9.17, 15) is 0 Å². The molecule has 0 aliphatic heterocycles. The van der Waals surface area contributed by atoms with Crippen LogP contribution in [-0.2, 0) is 6.54 Å². The minimum atomic E-state index is 0.201. The number of thiophene rings is 1. The molecule has 0 aliphatic rings. The minimum Gasteiger partial charge on any atom is -0.396 e. The van der Waals surface area contributed by atoms with Crippen LogP contribution in [0.25, 0.3) is 0 Å². The Bertz CT molecular complexity index is 386. The molecule has 16 heavy (non-hydrogen) atoms. The molecule has 0 spiro atoms. The molecule has 0 radical (unpaired) electrons. The predicted molar refractivity (Wildman–Crippen MR) is 67.7 cm³/mol. The van der Waals surface area contributed by atoms with Crippen LogP contribution in [0.2, 0.25) is 0 Å². The number of rotatable bonds is 6. The van der Waals surface area contributed by atoms with Crippen molar-refractivity contribution >= 4 is 22.7 Å². The Balaban J connectivity index is 1.93. The second-order valence-electron chi connectivity index (χ2n) is 3.44. The quantitative estimate of drug-likeness (QED) is 0.832. The Morgan fingerprint density at radius 1 is 1.50 bits per heavy atom. The summed E-state index contributed by atoms with van der Waals surface area (Å²) in [6.45, 7) is 0.957. The summed E-state index contributed by atoms with van der Waals surface area (Å²) < 4.78 is 0. The SMILES string of the molecule is OCCC(NCc1cscn1)c1cccs1. The van der Waals surface area contributed by atoms with E-state index in [2.05, 4.69) is 21.7 Å². The van der Waals surface area contributed by atoms with E-state index in [1.165, 1.54) is 4.88 Å². The molecule has 0 aromatic carbocycles. The van der Waals surface area contributed by atoms with Crippen LogP contribution in [0, 0.1) is 0 Å². The van der Waals surface area contributed by atoms with Crippen molar-refractivity contribution in [2.24, 2.45) is 0 Å². The molecule has 86 valence electrons. The lowest BCUT2D eigenvalue weighted by molar-refractivity contribution is 0.266. The van der Waals surface area contributed by atoms with Crippen LogP contribution in [0.5, 0.6) is 0 Å². The molecule has 0 fully saturated rings. The fourth-order valence-electron chi connectivity index (χ4n) is 1.52. The van der Waals surface area contributed by atoms with Crippen LogP contribution in [0.15, 0.2) is 28.4 Å². The van der Waals surface area contributed by atoms with Crippen molar-refractivity contribution in [3.05, 3.63) is 39.0 Å². The van der Waals surface area contributed by atoms with Gasteiger partial charge in [-0.2, -0.15) is 0 Å². The lowest BCUT2D eigenvalue weighted by Crippen LogP contribution is -2.21. The van der Waals surface area contributed by atoms with E-state index in [0.717, 1.165) is 18.7 Å². The van der Waals surface area contributed by atoms with Crippen molar-refractivity contribution in [2.45, 2.75) is 19.0 Å². The van der Waals surface area contributed by atoms with Gasteiger partial charge in [-0.25, -0.2) is 4.98 Å². The van der Waals surface area contributed by atoms with E-state index in [-0.39, 0.29) is 12.6 Å². The molecular weight excluding hydrogens is 240 g/mol. The largest absolute Gasteiger partial charge is 0.396 e. The number of nitrogens with zero attached hydrogens (tertiary/aromatic N) is 1. The second kappa shape index (κ2) is 6.10. The van der Waals surface area contributed by atoms with Crippen LogP contribution in [-0.4, -0.2) is 16.7 Å². The first-order chi connectivity index (χ1) is 7.90. The van der Waals surface area contributed by atoms with Gasteiger partial charge in [-0.1, -0.05) is 6.07 Å². The zero-order valence-electron chi connectivity index (χ0n) is 8.80. The van der Waals surface area contributed by atoms with Crippen LogP contribution < -0.4 is 5.32 Å². The smallest absolute Gasteiger partial charge is 0.0795 e. The van der Waals surface area contributed by atoms with Gasteiger partial charge < -0.3 is 10.4 Å². The molecule has 0 amide bonds.